The predicted octanol–water partition coefficient (Wildman–Crippen LogP) is 5.52. The average molecular weight is 577 g/mol. The Hall–Kier alpha value is -5.31. The summed E-state index contributed by atoms with van der Waals surface area (Å²) in [6.07, 6.45) is 6.47. The molecule has 0 saturated heterocycles. The molecule has 0 aromatic heterocycles. The van der Waals surface area contributed by atoms with Gasteiger partial charge in [-0.1, -0.05) is 79.4 Å². The Morgan fingerprint density at radius 1 is 0.837 bits per heavy atom. The van der Waals surface area contributed by atoms with Crippen molar-refractivity contribution in [2.45, 2.75) is 45.1 Å². The smallest absolute Gasteiger partial charge is 0.343 e. The van der Waals surface area contributed by atoms with Crippen molar-refractivity contribution in [2.24, 2.45) is 5.10 Å². The number of hydrazone groups is 1. The molecule has 4 aromatic carbocycles. The molecule has 3 amide bonds. The maximum absolute atomic E-state index is 12.9. The SMILES string of the molecule is Cc1cccc(C(=O)Oc2ccc3ccccc3c2/C=N/NC(=O)C(=O)Nc2ccccc2C(=O)NC2CCCCC2)c1. The van der Waals surface area contributed by atoms with E-state index in [2.05, 4.69) is 21.2 Å². The number of benzene rings is 4. The third-order valence-corrected chi connectivity index (χ3v) is 7.31. The minimum atomic E-state index is -1.03. The van der Waals surface area contributed by atoms with Crippen LogP contribution in [0.5, 0.6) is 5.75 Å². The van der Waals surface area contributed by atoms with Crippen LogP contribution in [-0.4, -0.2) is 35.9 Å². The monoisotopic (exact) mass is 576 g/mol. The molecular weight excluding hydrogens is 544 g/mol. The van der Waals surface area contributed by atoms with Crippen LogP contribution in [0.25, 0.3) is 10.8 Å². The Kier molecular flexibility index (Phi) is 9.21. The summed E-state index contributed by atoms with van der Waals surface area (Å²) in [6.45, 7) is 1.88. The quantitative estimate of drug-likeness (QED) is 0.0878. The third kappa shape index (κ3) is 7.32. The van der Waals surface area contributed by atoms with Gasteiger partial charge in [0.1, 0.15) is 5.75 Å². The second-order valence-electron chi connectivity index (χ2n) is 10.5. The average Bonchev–Trinajstić information content (AvgIpc) is 3.02. The maximum atomic E-state index is 12.9. The van der Waals surface area contributed by atoms with E-state index < -0.39 is 17.8 Å². The summed E-state index contributed by atoms with van der Waals surface area (Å²) in [4.78, 5) is 51.2. The highest BCUT2D eigenvalue weighted by atomic mass is 16.5. The van der Waals surface area contributed by atoms with E-state index in [-0.39, 0.29) is 28.9 Å². The minimum Gasteiger partial charge on any atom is -0.422 e. The number of fused-ring (bicyclic) bond motifs is 1. The molecule has 1 aliphatic carbocycles. The van der Waals surface area contributed by atoms with Crippen molar-refractivity contribution < 1.29 is 23.9 Å². The highest BCUT2D eigenvalue weighted by molar-refractivity contribution is 6.40. The lowest BCUT2D eigenvalue weighted by Gasteiger charge is -2.23. The standard InChI is InChI=1S/C34H32N4O5/c1-22-10-9-12-24(20-22)34(42)43-30-19-18-23-11-5-6-15-26(23)28(30)21-35-38-33(41)32(40)37-29-17-8-7-16-27(29)31(39)36-25-13-3-2-4-14-25/h5-12,15-21,25H,2-4,13-14H2,1H3,(H,36,39)(H,37,40)(H,38,41)/b35-21+. The number of nitrogens with zero attached hydrogens (tertiary/aromatic N) is 1. The van der Waals surface area contributed by atoms with Crippen LogP contribution in [0.3, 0.4) is 0 Å². The highest BCUT2D eigenvalue weighted by Crippen LogP contribution is 2.27. The van der Waals surface area contributed by atoms with E-state index in [0.29, 0.717) is 11.1 Å². The lowest BCUT2D eigenvalue weighted by molar-refractivity contribution is -0.136. The first-order valence-electron chi connectivity index (χ1n) is 14.2. The van der Waals surface area contributed by atoms with Gasteiger partial charge < -0.3 is 15.4 Å². The fraction of sp³-hybridized carbons (Fsp3) is 0.206. The van der Waals surface area contributed by atoms with E-state index in [1.54, 1.807) is 48.5 Å². The number of amides is 3. The first kappa shape index (κ1) is 29.2. The van der Waals surface area contributed by atoms with Crippen molar-refractivity contribution in [1.82, 2.24) is 10.7 Å². The van der Waals surface area contributed by atoms with Crippen molar-refractivity contribution in [2.75, 3.05) is 5.32 Å². The predicted molar refractivity (Wildman–Crippen MR) is 165 cm³/mol. The van der Waals surface area contributed by atoms with Gasteiger partial charge in [0.05, 0.1) is 23.0 Å². The molecule has 0 atom stereocenters. The van der Waals surface area contributed by atoms with Gasteiger partial charge in [-0.3, -0.25) is 14.4 Å². The lowest BCUT2D eigenvalue weighted by Crippen LogP contribution is -2.37. The molecule has 43 heavy (non-hydrogen) atoms. The van der Waals surface area contributed by atoms with Crippen molar-refractivity contribution >= 4 is 46.4 Å². The second-order valence-corrected chi connectivity index (χ2v) is 10.5. The van der Waals surface area contributed by atoms with Crippen molar-refractivity contribution in [3.8, 4) is 5.75 Å². The molecule has 218 valence electrons. The number of carbonyl (C=O) groups is 4. The van der Waals surface area contributed by atoms with E-state index >= 15 is 0 Å². The topological polar surface area (TPSA) is 126 Å². The van der Waals surface area contributed by atoms with Crippen LogP contribution in [0.4, 0.5) is 5.69 Å². The van der Waals surface area contributed by atoms with Crippen LogP contribution >= 0.6 is 0 Å². The summed E-state index contributed by atoms with van der Waals surface area (Å²) >= 11 is 0. The van der Waals surface area contributed by atoms with Gasteiger partial charge in [-0.25, -0.2) is 10.2 Å². The summed E-state index contributed by atoms with van der Waals surface area (Å²) in [5.74, 6) is -2.62. The van der Waals surface area contributed by atoms with Crippen LogP contribution in [-0.2, 0) is 9.59 Å². The van der Waals surface area contributed by atoms with E-state index in [4.69, 9.17) is 4.74 Å². The maximum Gasteiger partial charge on any atom is 0.343 e. The van der Waals surface area contributed by atoms with Gasteiger partial charge in [0.2, 0.25) is 0 Å². The Labute approximate surface area is 249 Å². The summed E-state index contributed by atoms with van der Waals surface area (Å²) in [5, 5.41) is 11.1. The molecule has 5 rings (SSSR count). The van der Waals surface area contributed by atoms with E-state index in [0.717, 1.165) is 48.4 Å². The van der Waals surface area contributed by atoms with Crippen LogP contribution in [0.1, 0.15) is 63.9 Å². The van der Waals surface area contributed by atoms with Crippen molar-refractivity contribution in [3.63, 3.8) is 0 Å². The zero-order valence-electron chi connectivity index (χ0n) is 23.8. The molecule has 0 unspecified atom stereocenters. The number of ether oxygens (including phenoxy) is 1. The van der Waals surface area contributed by atoms with Gasteiger partial charge in [-0.15, -0.1) is 0 Å². The number of para-hydroxylation sites is 1. The molecule has 0 radical (unpaired) electrons. The minimum absolute atomic E-state index is 0.0951. The number of carbonyl (C=O) groups excluding carboxylic acids is 4. The number of nitrogens with one attached hydrogen (secondary N) is 3. The molecule has 9 heteroatoms. The first-order chi connectivity index (χ1) is 20.9. The fourth-order valence-electron chi connectivity index (χ4n) is 5.11. The lowest BCUT2D eigenvalue weighted by atomic mass is 9.95. The molecule has 1 saturated carbocycles. The molecular formula is C34H32N4O5. The fourth-order valence-corrected chi connectivity index (χ4v) is 5.11. The van der Waals surface area contributed by atoms with Gasteiger partial charge in [0, 0.05) is 11.6 Å². The van der Waals surface area contributed by atoms with Gasteiger partial charge in [-0.2, -0.15) is 5.10 Å². The molecule has 4 aromatic rings. The Morgan fingerprint density at radius 2 is 1.60 bits per heavy atom. The third-order valence-electron chi connectivity index (χ3n) is 7.31. The van der Waals surface area contributed by atoms with Crippen LogP contribution in [0.15, 0.2) is 90.0 Å². The molecule has 0 bridgehead atoms. The van der Waals surface area contributed by atoms with Crippen molar-refractivity contribution in [3.05, 3.63) is 107 Å². The summed E-state index contributed by atoms with van der Waals surface area (Å²) in [5.41, 5.74) is 4.49. The Bertz CT molecular complexity index is 1710. The molecule has 0 aliphatic heterocycles. The number of hydrogen-bond acceptors (Lipinski definition) is 6. The van der Waals surface area contributed by atoms with E-state index in [1.165, 1.54) is 6.21 Å². The first-order valence-corrected chi connectivity index (χ1v) is 14.2. The summed E-state index contributed by atoms with van der Waals surface area (Å²) in [6, 6.07) is 24.6. The summed E-state index contributed by atoms with van der Waals surface area (Å²) in [7, 11) is 0. The zero-order valence-corrected chi connectivity index (χ0v) is 23.8. The molecule has 1 fully saturated rings. The molecule has 3 N–H and O–H groups in total. The van der Waals surface area contributed by atoms with Gasteiger partial charge >= 0.3 is 17.8 Å². The van der Waals surface area contributed by atoms with Gasteiger partial charge in [0.25, 0.3) is 5.91 Å². The number of esters is 1. The van der Waals surface area contributed by atoms with Crippen molar-refractivity contribution in [1.29, 1.82) is 0 Å². The van der Waals surface area contributed by atoms with Crippen LogP contribution in [0.2, 0.25) is 0 Å². The van der Waals surface area contributed by atoms with Crippen LogP contribution in [0, 0.1) is 6.92 Å². The number of rotatable bonds is 7. The zero-order chi connectivity index (χ0) is 30.2. The normalized spacial score (nSPS) is 13.4. The van der Waals surface area contributed by atoms with E-state index in [1.807, 2.05) is 43.3 Å². The number of aryl methyl sites for hydroxylation is 1. The highest BCUT2D eigenvalue weighted by Gasteiger charge is 2.21. The second kappa shape index (κ2) is 13.6. The number of anilines is 1. The number of hydrogen-bond donors (Lipinski definition) is 3. The van der Waals surface area contributed by atoms with Gasteiger partial charge in [-0.05, 0) is 60.9 Å². The molecule has 9 nitrogen and oxygen atoms in total. The molecule has 1 aliphatic rings. The molecule has 0 heterocycles. The Balaban J connectivity index is 1.29. The summed E-state index contributed by atoms with van der Waals surface area (Å²) < 4.78 is 5.71. The molecule has 0 spiro atoms. The Morgan fingerprint density at radius 3 is 2.42 bits per heavy atom. The largest absolute Gasteiger partial charge is 0.422 e. The van der Waals surface area contributed by atoms with E-state index in [9.17, 15) is 19.2 Å². The van der Waals surface area contributed by atoms with Crippen LogP contribution < -0.4 is 20.8 Å². The van der Waals surface area contributed by atoms with Gasteiger partial charge in [0.15, 0.2) is 0 Å².